The van der Waals surface area contributed by atoms with Crippen LogP contribution in [-0.2, 0) is 0 Å². The van der Waals surface area contributed by atoms with E-state index >= 15 is 0 Å². The molecule has 68 valence electrons. The van der Waals surface area contributed by atoms with Gasteiger partial charge in [-0.3, -0.25) is 0 Å². The Balaban J connectivity index is 2.25. The number of hydrogen-bond acceptors (Lipinski definition) is 1. The van der Waals surface area contributed by atoms with Crippen molar-refractivity contribution in [2.45, 2.75) is 32.2 Å². The molecule has 12 heavy (non-hydrogen) atoms. The second-order valence-corrected chi connectivity index (χ2v) is 3.38. The number of hydrogen-bond donors (Lipinski definition) is 2. The zero-order chi connectivity index (χ0) is 8.81. The van der Waals surface area contributed by atoms with Gasteiger partial charge in [0, 0.05) is 12.6 Å². The fourth-order valence-electron chi connectivity index (χ4n) is 1.31. The van der Waals surface area contributed by atoms with Gasteiger partial charge in [0.25, 0.3) is 0 Å². The van der Waals surface area contributed by atoms with Crippen LogP contribution in [-0.4, -0.2) is 17.7 Å². The highest BCUT2D eigenvalue weighted by Crippen LogP contribution is 2.09. The summed E-state index contributed by atoms with van der Waals surface area (Å²) < 4.78 is 0. The Kier molecular flexibility index (Phi) is 4.08. The molecule has 0 spiro atoms. The first-order chi connectivity index (χ1) is 5.83. The van der Waals surface area contributed by atoms with E-state index in [0.717, 1.165) is 11.7 Å². The quantitative estimate of drug-likeness (QED) is 0.503. The van der Waals surface area contributed by atoms with Crippen molar-refractivity contribution in [1.82, 2.24) is 10.6 Å². The SMILES string of the molecule is CCNC(=S)NC1C=CCCC1. The lowest BCUT2D eigenvalue weighted by Gasteiger charge is -2.19. The van der Waals surface area contributed by atoms with Crippen LogP contribution in [0.4, 0.5) is 0 Å². The van der Waals surface area contributed by atoms with Crippen LogP contribution in [0.5, 0.6) is 0 Å². The van der Waals surface area contributed by atoms with Crippen molar-refractivity contribution in [3.63, 3.8) is 0 Å². The Labute approximate surface area is 79.4 Å². The summed E-state index contributed by atoms with van der Waals surface area (Å²) in [4.78, 5) is 0. The van der Waals surface area contributed by atoms with Gasteiger partial charge in [-0.15, -0.1) is 0 Å². The molecule has 0 aliphatic heterocycles. The first kappa shape index (κ1) is 9.52. The lowest BCUT2D eigenvalue weighted by atomic mass is 10.0. The minimum absolute atomic E-state index is 0.449. The molecule has 1 aliphatic rings. The fraction of sp³-hybridized carbons (Fsp3) is 0.667. The fourth-order valence-corrected chi connectivity index (χ4v) is 1.61. The van der Waals surface area contributed by atoms with Gasteiger partial charge in [-0.25, -0.2) is 0 Å². The molecule has 0 aromatic rings. The Hall–Kier alpha value is -0.570. The topological polar surface area (TPSA) is 24.1 Å². The molecule has 1 aliphatic carbocycles. The molecule has 0 aromatic carbocycles. The lowest BCUT2D eigenvalue weighted by Crippen LogP contribution is -2.41. The minimum atomic E-state index is 0.449. The largest absolute Gasteiger partial charge is 0.363 e. The molecule has 0 amide bonds. The van der Waals surface area contributed by atoms with Crippen LogP contribution >= 0.6 is 12.2 Å². The van der Waals surface area contributed by atoms with E-state index in [4.69, 9.17) is 12.2 Å². The first-order valence-electron chi connectivity index (χ1n) is 4.54. The average Bonchev–Trinajstić information content (AvgIpc) is 2.06. The summed E-state index contributed by atoms with van der Waals surface area (Å²) in [6.45, 7) is 2.94. The molecule has 2 nitrogen and oxygen atoms in total. The monoisotopic (exact) mass is 184 g/mol. The van der Waals surface area contributed by atoms with Gasteiger partial charge in [0.15, 0.2) is 5.11 Å². The molecule has 0 saturated carbocycles. The summed E-state index contributed by atoms with van der Waals surface area (Å²) in [6, 6.07) is 0.449. The van der Waals surface area contributed by atoms with E-state index in [1.54, 1.807) is 0 Å². The van der Waals surface area contributed by atoms with Gasteiger partial charge in [-0.2, -0.15) is 0 Å². The molecular formula is C9H16N2S. The molecule has 0 fully saturated rings. The molecule has 0 heterocycles. The van der Waals surface area contributed by atoms with Gasteiger partial charge < -0.3 is 10.6 Å². The van der Waals surface area contributed by atoms with E-state index in [0.29, 0.717) is 6.04 Å². The Morgan fingerprint density at radius 3 is 3.08 bits per heavy atom. The second-order valence-electron chi connectivity index (χ2n) is 2.97. The maximum atomic E-state index is 5.08. The third kappa shape index (κ3) is 3.22. The van der Waals surface area contributed by atoms with Crippen LogP contribution in [0.15, 0.2) is 12.2 Å². The molecule has 0 radical (unpaired) electrons. The normalized spacial score (nSPS) is 21.9. The van der Waals surface area contributed by atoms with Crippen LogP contribution in [0.25, 0.3) is 0 Å². The number of allylic oxidation sites excluding steroid dienone is 1. The Morgan fingerprint density at radius 1 is 1.67 bits per heavy atom. The van der Waals surface area contributed by atoms with E-state index in [2.05, 4.69) is 22.8 Å². The van der Waals surface area contributed by atoms with E-state index in [1.807, 2.05) is 6.92 Å². The molecule has 3 heteroatoms. The zero-order valence-electron chi connectivity index (χ0n) is 7.47. The van der Waals surface area contributed by atoms with Crippen molar-refractivity contribution in [2.24, 2.45) is 0 Å². The molecule has 0 aromatic heterocycles. The predicted molar refractivity (Wildman–Crippen MR) is 56.2 cm³/mol. The predicted octanol–water partition coefficient (Wildman–Crippen LogP) is 1.58. The number of thiocarbonyl (C=S) groups is 1. The van der Waals surface area contributed by atoms with Crippen molar-refractivity contribution in [2.75, 3.05) is 6.54 Å². The summed E-state index contributed by atoms with van der Waals surface area (Å²) in [6.07, 6.45) is 8.10. The molecule has 1 rings (SSSR count). The van der Waals surface area contributed by atoms with Crippen molar-refractivity contribution < 1.29 is 0 Å². The second kappa shape index (κ2) is 5.14. The smallest absolute Gasteiger partial charge is 0.166 e. The van der Waals surface area contributed by atoms with Crippen molar-refractivity contribution in [3.05, 3.63) is 12.2 Å². The molecule has 0 saturated heterocycles. The van der Waals surface area contributed by atoms with Crippen molar-refractivity contribution in [1.29, 1.82) is 0 Å². The molecule has 1 atom stereocenters. The van der Waals surface area contributed by atoms with E-state index in [1.165, 1.54) is 19.3 Å². The number of nitrogens with one attached hydrogen (secondary N) is 2. The van der Waals surface area contributed by atoms with Crippen LogP contribution in [0.2, 0.25) is 0 Å². The highest BCUT2D eigenvalue weighted by Gasteiger charge is 2.07. The van der Waals surface area contributed by atoms with Gasteiger partial charge in [-0.1, -0.05) is 12.2 Å². The van der Waals surface area contributed by atoms with E-state index < -0.39 is 0 Å². The molecule has 2 N–H and O–H groups in total. The lowest BCUT2D eigenvalue weighted by molar-refractivity contribution is 0.596. The maximum Gasteiger partial charge on any atom is 0.166 e. The summed E-state index contributed by atoms with van der Waals surface area (Å²) in [5, 5.41) is 7.10. The third-order valence-electron chi connectivity index (χ3n) is 1.91. The summed E-state index contributed by atoms with van der Waals surface area (Å²) in [5.74, 6) is 0. The summed E-state index contributed by atoms with van der Waals surface area (Å²) >= 11 is 5.08. The van der Waals surface area contributed by atoms with Crippen molar-refractivity contribution in [3.8, 4) is 0 Å². The molecule has 1 unspecified atom stereocenters. The standard InChI is InChI=1S/C9H16N2S/c1-2-10-9(12)11-8-6-4-3-5-7-8/h4,6,8H,2-3,5,7H2,1H3,(H2,10,11,12). The van der Waals surface area contributed by atoms with Crippen LogP contribution in [0.3, 0.4) is 0 Å². The summed E-state index contributed by atoms with van der Waals surface area (Å²) in [5.41, 5.74) is 0. The molecular weight excluding hydrogens is 168 g/mol. The van der Waals surface area contributed by atoms with Gasteiger partial charge >= 0.3 is 0 Å². The van der Waals surface area contributed by atoms with Crippen LogP contribution in [0, 0.1) is 0 Å². The third-order valence-corrected chi connectivity index (χ3v) is 2.17. The van der Waals surface area contributed by atoms with Crippen molar-refractivity contribution >= 4 is 17.3 Å². The Morgan fingerprint density at radius 2 is 2.50 bits per heavy atom. The van der Waals surface area contributed by atoms with Crippen LogP contribution < -0.4 is 10.6 Å². The Bertz CT molecular complexity index is 177. The number of rotatable bonds is 2. The van der Waals surface area contributed by atoms with Gasteiger partial charge in [0.2, 0.25) is 0 Å². The summed E-state index contributed by atoms with van der Waals surface area (Å²) in [7, 11) is 0. The van der Waals surface area contributed by atoms with Gasteiger partial charge in [0.05, 0.1) is 0 Å². The van der Waals surface area contributed by atoms with Gasteiger partial charge in [0.1, 0.15) is 0 Å². The minimum Gasteiger partial charge on any atom is -0.363 e. The van der Waals surface area contributed by atoms with Gasteiger partial charge in [-0.05, 0) is 38.4 Å². The first-order valence-corrected chi connectivity index (χ1v) is 4.94. The highest BCUT2D eigenvalue weighted by atomic mass is 32.1. The highest BCUT2D eigenvalue weighted by molar-refractivity contribution is 7.80. The average molecular weight is 184 g/mol. The zero-order valence-corrected chi connectivity index (χ0v) is 8.29. The maximum absolute atomic E-state index is 5.08. The van der Waals surface area contributed by atoms with E-state index in [9.17, 15) is 0 Å². The molecule has 0 bridgehead atoms. The van der Waals surface area contributed by atoms with E-state index in [-0.39, 0.29) is 0 Å². The van der Waals surface area contributed by atoms with Crippen LogP contribution in [0.1, 0.15) is 26.2 Å².